The second-order valence-electron chi connectivity index (χ2n) is 6.92. The van der Waals surface area contributed by atoms with Gasteiger partial charge in [0.15, 0.2) is 0 Å². The number of likely N-dealkylation sites (N-methyl/N-ethyl adjacent to an activating group) is 1. The number of rotatable bonds is 6. The molecule has 0 heterocycles. The average molecular weight is 443 g/mol. The summed E-state index contributed by atoms with van der Waals surface area (Å²) >= 11 is 11.9. The number of amides is 1. The molecule has 0 aliphatic heterocycles. The Morgan fingerprint density at radius 3 is 2.32 bits per heavy atom. The first-order valence-electron chi connectivity index (χ1n) is 8.72. The molecule has 1 N–H and O–H groups in total. The van der Waals surface area contributed by atoms with Gasteiger partial charge < -0.3 is 5.32 Å². The minimum atomic E-state index is -3.95. The molecule has 1 amide bonds. The van der Waals surface area contributed by atoms with Crippen LogP contribution in [0, 0.1) is 20.8 Å². The number of aryl methyl sites for hydroxylation is 3. The molecule has 2 aromatic carbocycles. The molecule has 1 atom stereocenters. The molecule has 2 aromatic rings. The fourth-order valence-corrected chi connectivity index (χ4v) is 4.80. The Bertz CT molecular complexity index is 1010. The van der Waals surface area contributed by atoms with Crippen LogP contribution in [0.1, 0.15) is 35.2 Å². The molecule has 0 aliphatic rings. The summed E-state index contributed by atoms with van der Waals surface area (Å²) in [6, 6.07) is 8.05. The van der Waals surface area contributed by atoms with Gasteiger partial charge in [0.1, 0.15) is 4.90 Å². The van der Waals surface area contributed by atoms with E-state index in [4.69, 9.17) is 23.2 Å². The van der Waals surface area contributed by atoms with Gasteiger partial charge in [0.25, 0.3) is 0 Å². The van der Waals surface area contributed by atoms with Crippen molar-refractivity contribution in [3.8, 4) is 0 Å². The summed E-state index contributed by atoms with van der Waals surface area (Å²) in [5.41, 5.74) is 4.39. The third-order valence-electron chi connectivity index (χ3n) is 4.67. The third-order valence-corrected chi connectivity index (χ3v) is 7.19. The van der Waals surface area contributed by atoms with Crippen molar-refractivity contribution in [2.24, 2.45) is 0 Å². The molecule has 2 rings (SSSR count). The maximum atomic E-state index is 12.7. The molecule has 152 valence electrons. The van der Waals surface area contributed by atoms with E-state index in [1.165, 1.54) is 30.8 Å². The summed E-state index contributed by atoms with van der Waals surface area (Å²) in [5.74, 6) is -0.408. The monoisotopic (exact) mass is 442 g/mol. The molecular weight excluding hydrogens is 419 g/mol. The Labute approximate surface area is 176 Å². The highest BCUT2D eigenvalue weighted by molar-refractivity contribution is 7.89. The lowest BCUT2D eigenvalue weighted by molar-refractivity contribution is -0.121. The smallest absolute Gasteiger partial charge is 0.244 e. The van der Waals surface area contributed by atoms with Crippen LogP contribution in [-0.4, -0.2) is 32.2 Å². The lowest BCUT2D eigenvalue weighted by atomic mass is 9.96. The molecule has 0 aromatic heterocycles. The van der Waals surface area contributed by atoms with E-state index in [-0.39, 0.29) is 27.5 Å². The highest BCUT2D eigenvalue weighted by atomic mass is 35.5. The Kier molecular flexibility index (Phi) is 7.15. The number of nitrogens with one attached hydrogen (secondary N) is 1. The van der Waals surface area contributed by atoms with Crippen molar-refractivity contribution in [2.45, 2.75) is 38.6 Å². The summed E-state index contributed by atoms with van der Waals surface area (Å²) in [6.45, 7) is 7.58. The zero-order valence-corrected chi connectivity index (χ0v) is 18.8. The summed E-state index contributed by atoms with van der Waals surface area (Å²) < 4.78 is 26.4. The first-order chi connectivity index (χ1) is 12.9. The van der Waals surface area contributed by atoms with Crippen molar-refractivity contribution in [2.75, 3.05) is 13.6 Å². The van der Waals surface area contributed by atoms with Crippen molar-refractivity contribution in [1.29, 1.82) is 0 Å². The lowest BCUT2D eigenvalue weighted by Crippen LogP contribution is -2.39. The van der Waals surface area contributed by atoms with Crippen LogP contribution >= 0.6 is 23.2 Å². The van der Waals surface area contributed by atoms with Gasteiger partial charge in [-0.25, -0.2) is 8.42 Å². The summed E-state index contributed by atoms with van der Waals surface area (Å²) in [4.78, 5) is 12.3. The minimum Gasteiger partial charge on any atom is -0.348 e. The van der Waals surface area contributed by atoms with Crippen molar-refractivity contribution < 1.29 is 13.2 Å². The van der Waals surface area contributed by atoms with E-state index in [1.54, 1.807) is 0 Å². The largest absolute Gasteiger partial charge is 0.348 e. The first-order valence-corrected chi connectivity index (χ1v) is 10.9. The van der Waals surface area contributed by atoms with E-state index in [9.17, 15) is 13.2 Å². The zero-order chi connectivity index (χ0) is 21.2. The SMILES string of the molecule is Cc1cc(C)c(C(C)NC(=O)CN(C)S(=O)(=O)c2cc(Cl)ccc2Cl)cc1C. The lowest BCUT2D eigenvalue weighted by Gasteiger charge is -2.21. The summed E-state index contributed by atoms with van der Waals surface area (Å²) in [5, 5.41) is 3.16. The summed E-state index contributed by atoms with van der Waals surface area (Å²) in [7, 11) is -2.62. The number of hydrogen-bond acceptors (Lipinski definition) is 3. The molecule has 0 aliphatic carbocycles. The first kappa shape index (κ1) is 22.7. The van der Waals surface area contributed by atoms with Crippen molar-refractivity contribution in [3.63, 3.8) is 0 Å². The highest BCUT2D eigenvalue weighted by Crippen LogP contribution is 2.27. The number of hydrogen-bond donors (Lipinski definition) is 1. The number of carbonyl (C=O) groups is 1. The molecular formula is C20H24Cl2N2O3S. The standard InChI is InChI=1S/C20H24Cl2N2O3S/c1-12-8-14(3)17(9-13(12)2)15(4)23-20(25)11-24(5)28(26,27)19-10-16(21)6-7-18(19)22/h6-10,15H,11H2,1-5H3,(H,23,25). The Morgan fingerprint density at radius 2 is 1.68 bits per heavy atom. The van der Waals surface area contributed by atoms with Gasteiger partial charge in [-0.1, -0.05) is 35.3 Å². The van der Waals surface area contributed by atoms with E-state index in [1.807, 2.05) is 33.8 Å². The predicted octanol–water partition coefficient (Wildman–Crippen LogP) is 4.42. The van der Waals surface area contributed by atoms with Gasteiger partial charge >= 0.3 is 0 Å². The number of halogens is 2. The second kappa shape index (κ2) is 8.82. The second-order valence-corrected chi connectivity index (χ2v) is 9.78. The average Bonchev–Trinajstić information content (AvgIpc) is 2.59. The van der Waals surface area contributed by atoms with Crippen molar-refractivity contribution in [3.05, 3.63) is 62.6 Å². The molecule has 28 heavy (non-hydrogen) atoms. The van der Waals surface area contributed by atoms with Gasteiger partial charge in [0, 0.05) is 12.1 Å². The molecule has 0 fully saturated rings. The highest BCUT2D eigenvalue weighted by Gasteiger charge is 2.26. The normalized spacial score (nSPS) is 12.9. The Morgan fingerprint density at radius 1 is 1.07 bits per heavy atom. The number of sulfonamides is 1. The maximum absolute atomic E-state index is 12.7. The van der Waals surface area contributed by atoms with Gasteiger partial charge in [0.2, 0.25) is 15.9 Å². The minimum absolute atomic E-state index is 0.0516. The number of benzene rings is 2. The summed E-state index contributed by atoms with van der Waals surface area (Å²) in [6.07, 6.45) is 0. The van der Waals surface area contributed by atoms with E-state index in [0.717, 1.165) is 21.0 Å². The number of nitrogens with zero attached hydrogens (tertiary/aromatic N) is 1. The fraction of sp³-hybridized carbons (Fsp3) is 0.350. The van der Waals surface area contributed by atoms with Crippen LogP contribution in [0.4, 0.5) is 0 Å². The Balaban J connectivity index is 2.14. The van der Waals surface area contributed by atoms with Crippen molar-refractivity contribution >= 4 is 39.1 Å². The maximum Gasteiger partial charge on any atom is 0.244 e. The zero-order valence-electron chi connectivity index (χ0n) is 16.5. The molecule has 0 saturated heterocycles. The van der Waals surface area contributed by atoms with Crippen LogP contribution in [0.25, 0.3) is 0 Å². The van der Waals surface area contributed by atoms with E-state index < -0.39 is 15.9 Å². The molecule has 8 heteroatoms. The van der Waals surface area contributed by atoms with Gasteiger partial charge in [0.05, 0.1) is 17.6 Å². The van der Waals surface area contributed by atoms with Gasteiger partial charge in [-0.3, -0.25) is 4.79 Å². The topological polar surface area (TPSA) is 66.5 Å². The van der Waals surface area contributed by atoms with Crippen LogP contribution in [0.5, 0.6) is 0 Å². The van der Waals surface area contributed by atoms with Gasteiger partial charge in [-0.2, -0.15) is 4.31 Å². The molecule has 5 nitrogen and oxygen atoms in total. The predicted molar refractivity (Wildman–Crippen MR) is 113 cm³/mol. The van der Waals surface area contributed by atoms with E-state index in [2.05, 4.69) is 11.4 Å². The van der Waals surface area contributed by atoms with Gasteiger partial charge in [-0.15, -0.1) is 0 Å². The van der Waals surface area contributed by atoms with Crippen LogP contribution in [-0.2, 0) is 14.8 Å². The number of carbonyl (C=O) groups excluding carboxylic acids is 1. The molecule has 1 unspecified atom stereocenters. The third kappa shape index (κ3) is 5.06. The van der Waals surface area contributed by atoms with Crippen LogP contribution in [0.2, 0.25) is 10.0 Å². The van der Waals surface area contributed by atoms with Crippen molar-refractivity contribution in [1.82, 2.24) is 9.62 Å². The van der Waals surface area contributed by atoms with E-state index in [0.29, 0.717) is 0 Å². The fourth-order valence-electron chi connectivity index (χ4n) is 2.94. The van der Waals surface area contributed by atoms with Crippen LogP contribution in [0.15, 0.2) is 35.2 Å². The molecule has 0 spiro atoms. The molecule has 0 radical (unpaired) electrons. The molecule has 0 bridgehead atoms. The van der Waals surface area contributed by atoms with Crippen LogP contribution < -0.4 is 5.32 Å². The van der Waals surface area contributed by atoms with Gasteiger partial charge in [-0.05, 0) is 68.1 Å². The quantitative estimate of drug-likeness (QED) is 0.719. The Hall–Kier alpha value is -1.60. The molecule has 0 saturated carbocycles. The van der Waals surface area contributed by atoms with E-state index >= 15 is 0 Å². The van der Waals surface area contributed by atoms with Crippen LogP contribution in [0.3, 0.4) is 0 Å².